The van der Waals surface area contributed by atoms with E-state index in [1.54, 1.807) is 0 Å². The minimum absolute atomic E-state index is 0.643. The van der Waals surface area contributed by atoms with Gasteiger partial charge >= 0.3 is 0 Å². The summed E-state index contributed by atoms with van der Waals surface area (Å²) in [7, 11) is 0. The number of hydrogen-bond donors (Lipinski definition) is 0. The van der Waals surface area contributed by atoms with Crippen LogP contribution in [0.1, 0.15) is 11.1 Å². The molecule has 134 valence electrons. The molecule has 1 heterocycles. The fourth-order valence-electron chi connectivity index (χ4n) is 3.46. The molecule has 0 aliphatic heterocycles. The van der Waals surface area contributed by atoms with E-state index in [9.17, 15) is 0 Å². The van der Waals surface area contributed by atoms with E-state index in [2.05, 4.69) is 72.2 Å². The van der Waals surface area contributed by atoms with Crippen LogP contribution in [-0.2, 0) is 0 Å². The summed E-state index contributed by atoms with van der Waals surface area (Å²) in [6.45, 7) is 11.4. The Labute approximate surface area is 166 Å². The van der Waals surface area contributed by atoms with Gasteiger partial charge in [-0.15, -0.1) is 0 Å². The second kappa shape index (κ2) is 7.50. The van der Waals surface area contributed by atoms with E-state index in [1.807, 2.05) is 36.5 Å². The molecular formula is C26H20N2. The van der Waals surface area contributed by atoms with Gasteiger partial charge in [-0.25, -0.2) is 4.85 Å². The molecule has 4 aromatic rings. The first-order valence-corrected chi connectivity index (χ1v) is 9.27. The van der Waals surface area contributed by atoms with Crippen molar-refractivity contribution in [2.75, 3.05) is 0 Å². The lowest BCUT2D eigenvalue weighted by Gasteiger charge is -2.11. The quantitative estimate of drug-likeness (QED) is 0.352. The number of pyridine rings is 1. The summed E-state index contributed by atoms with van der Waals surface area (Å²) in [4.78, 5) is 8.06. The predicted molar refractivity (Wildman–Crippen MR) is 116 cm³/mol. The van der Waals surface area contributed by atoms with Crippen LogP contribution in [0, 0.1) is 20.4 Å². The van der Waals surface area contributed by atoms with Crippen molar-refractivity contribution in [3.8, 4) is 33.5 Å². The SMILES string of the molecule is [C-]#[N+]c1ccc(-c2ccc(-c3ccc(-c4ccccc4C)c(C)c3)cn2)cc1. The molecule has 28 heavy (non-hydrogen) atoms. The first-order chi connectivity index (χ1) is 13.7. The van der Waals surface area contributed by atoms with Crippen molar-refractivity contribution in [1.29, 1.82) is 0 Å². The van der Waals surface area contributed by atoms with Crippen LogP contribution in [0.4, 0.5) is 5.69 Å². The lowest BCUT2D eigenvalue weighted by Crippen LogP contribution is -1.89. The third-order valence-corrected chi connectivity index (χ3v) is 5.05. The molecule has 0 aliphatic carbocycles. The molecule has 2 nitrogen and oxygen atoms in total. The molecule has 4 rings (SSSR count). The third-order valence-electron chi connectivity index (χ3n) is 5.05. The molecule has 0 aliphatic rings. The van der Waals surface area contributed by atoms with Crippen molar-refractivity contribution < 1.29 is 0 Å². The van der Waals surface area contributed by atoms with Gasteiger partial charge in [-0.05, 0) is 53.3 Å². The molecule has 1 aromatic heterocycles. The summed E-state index contributed by atoms with van der Waals surface area (Å²) in [6.07, 6.45) is 1.92. The summed E-state index contributed by atoms with van der Waals surface area (Å²) < 4.78 is 0. The summed E-state index contributed by atoms with van der Waals surface area (Å²) in [5.41, 5.74) is 9.93. The van der Waals surface area contributed by atoms with Crippen molar-refractivity contribution in [1.82, 2.24) is 4.98 Å². The van der Waals surface area contributed by atoms with Gasteiger partial charge in [0, 0.05) is 11.8 Å². The van der Waals surface area contributed by atoms with Gasteiger partial charge < -0.3 is 0 Å². The van der Waals surface area contributed by atoms with Gasteiger partial charge in [0.05, 0.1) is 12.3 Å². The molecule has 0 N–H and O–H groups in total. The van der Waals surface area contributed by atoms with Gasteiger partial charge in [-0.2, -0.15) is 0 Å². The van der Waals surface area contributed by atoms with E-state index in [4.69, 9.17) is 6.57 Å². The molecule has 0 unspecified atom stereocenters. The highest BCUT2D eigenvalue weighted by Gasteiger charge is 2.07. The summed E-state index contributed by atoms with van der Waals surface area (Å²) in [5.74, 6) is 0. The molecule has 0 fully saturated rings. The van der Waals surface area contributed by atoms with Crippen LogP contribution in [-0.4, -0.2) is 4.98 Å². The summed E-state index contributed by atoms with van der Waals surface area (Å²) >= 11 is 0. The van der Waals surface area contributed by atoms with E-state index in [-0.39, 0.29) is 0 Å². The second-order valence-corrected chi connectivity index (χ2v) is 6.94. The normalized spacial score (nSPS) is 10.5. The highest BCUT2D eigenvalue weighted by atomic mass is 14.7. The Morgan fingerprint density at radius 1 is 0.679 bits per heavy atom. The number of hydrogen-bond acceptors (Lipinski definition) is 1. The van der Waals surface area contributed by atoms with Crippen molar-refractivity contribution in [3.63, 3.8) is 0 Å². The molecule has 2 heteroatoms. The van der Waals surface area contributed by atoms with Crippen LogP contribution in [0.2, 0.25) is 0 Å². The number of nitrogens with zero attached hydrogens (tertiary/aromatic N) is 2. The number of aromatic nitrogens is 1. The number of rotatable bonds is 3. The van der Waals surface area contributed by atoms with E-state index in [1.165, 1.54) is 22.3 Å². The van der Waals surface area contributed by atoms with Crippen LogP contribution in [0.25, 0.3) is 38.4 Å². The zero-order valence-electron chi connectivity index (χ0n) is 16.0. The highest BCUT2D eigenvalue weighted by molar-refractivity contribution is 5.75. The Hall–Kier alpha value is -3.70. The average molecular weight is 360 g/mol. The lowest BCUT2D eigenvalue weighted by atomic mass is 9.94. The van der Waals surface area contributed by atoms with Crippen molar-refractivity contribution in [2.45, 2.75) is 13.8 Å². The minimum atomic E-state index is 0.643. The zero-order valence-corrected chi connectivity index (χ0v) is 16.0. The van der Waals surface area contributed by atoms with Gasteiger partial charge in [0.15, 0.2) is 5.69 Å². The Kier molecular flexibility index (Phi) is 4.74. The van der Waals surface area contributed by atoms with Crippen LogP contribution in [0.5, 0.6) is 0 Å². The van der Waals surface area contributed by atoms with Gasteiger partial charge in [0.2, 0.25) is 0 Å². The maximum absolute atomic E-state index is 7.05. The first-order valence-electron chi connectivity index (χ1n) is 9.27. The largest absolute Gasteiger partial charge is 0.256 e. The van der Waals surface area contributed by atoms with Gasteiger partial charge in [-0.1, -0.05) is 72.8 Å². The van der Waals surface area contributed by atoms with Crippen LogP contribution >= 0.6 is 0 Å². The Balaban J connectivity index is 1.63. The van der Waals surface area contributed by atoms with Gasteiger partial charge in [0.25, 0.3) is 0 Å². The lowest BCUT2D eigenvalue weighted by molar-refractivity contribution is 1.32. The maximum Gasteiger partial charge on any atom is 0.187 e. The second-order valence-electron chi connectivity index (χ2n) is 6.94. The zero-order chi connectivity index (χ0) is 19.5. The molecule has 0 saturated heterocycles. The summed E-state index contributed by atoms with van der Waals surface area (Å²) in [6, 6.07) is 26.7. The molecule has 0 spiro atoms. The average Bonchev–Trinajstić information content (AvgIpc) is 2.74. The highest BCUT2D eigenvalue weighted by Crippen LogP contribution is 2.31. The molecule has 0 atom stereocenters. The van der Waals surface area contributed by atoms with Crippen molar-refractivity contribution in [3.05, 3.63) is 108 Å². The molecule has 3 aromatic carbocycles. The van der Waals surface area contributed by atoms with Crippen LogP contribution < -0.4 is 0 Å². The maximum atomic E-state index is 7.05. The minimum Gasteiger partial charge on any atom is -0.256 e. The van der Waals surface area contributed by atoms with Crippen molar-refractivity contribution in [2.24, 2.45) is 0 Å². The Morgan fingerprint density at radius 3 is 2.00 bits per heavy atom. The number of benzene rings is 3. The van der Waals surface area contributed by atoms with Crippen LogP contribution in [0.15, 0.2) is 85.1 Å². The molecule has 0 saturated carbocycles. The molecule has 0 radical (unpaired) electrons. The summed E-state index contributed by atoms with van der Waals surface area (Å²) in [5, 5.41) is 0. The van der Waals surface area contributed by atoms with E-state index in [0.29, 0.717) is 5.69 Å². The number of aryl methyl sites for hydroxylation is 2. The van der Waals surface area contributed by atoms with Crippen molar-refractivity contribution >= 4 is 5.69 Å². The fraction of sp³-hybridized carbons (Fsp3) is 0.0769. The topological polar surface area (TPSA) is 17.2 Å². The standard InChI is InChI=1S/C26H20N2/c1-18-6-4-5-7-24(18)25-14-10-21(16-19(25)2)22-11-15-26(28-17-22)20-8-12-23(27-3)13-9-20/h4-17H,1-2H3. The third kappa shape index (κ3) is 3.43. The van der Waals surface area contributed by atoms with Gasteiger partial charge in [-0.3, -0.25) is 4.98 Å². The molecule has 0 bridgehead atoms. The van der Waals surface area contributed by atoms with E-state index < -0.39 is 0 Å². The Morgan fingerprint density at radius 2 is 1.36 bits per heavy atom. The first kappa shape index (κ1) is 17.7. The van der Waals surface area contributed by atoms with Crippen LogP contribution in [0.3, 0.4) is 0 Å². The predicted octanol–water partition coefficient (Wildman–Crippen LogP) is 7.25. The smallest absolute Gasteiger partial charge is 0.187 e. The van der Waals surface area contributed by atoms with Gasteiger partial charge in [0.1, 0.15) is 0 Å². The molecular weight excluding hydrogens is 340 g/mol. The van der Waals surface area contributed by atoms with E-state index in [0.717, 1.165) is 22.4 Å². The molecule has 0 amide bonds. The Bertz CT molecular complexity index is 1160. The monoisotopic (exact) mass is 360 g/mol. The van der Waals surface area contributed by atoms with E-state index >= 15 is 0 Å². The fourth-order valence-corrected chi connectivity index (χ4v) is 3.46.